The third-order valence-electron chi connectivity index (χ3n) is 3.99. The van der Waals surface area contributed by atoms with Crippen LogP contribution in [0.4, 0.5) is 5.69 Å². The monoisotopic (exact) mass is 348 g/mol. The summed E-state index contributed by atoms with van der Waals surface area (Å²) >= 11 is 0. The quantitative estimate of drug-likeness (QED) is 0.608. The smallest absolute Gasteiger partial charge is 0.650 e. The molecule has 0 aliphatic carbocycles. The van der Waals surface area contributed by atoms with E-state index in [1.54, 1.807) is 0 Å². The zero-order valence-electron chi connectivity index (χ0n) is 15.1. The Bertz CT molecular complexity index is 477. The van der Waals surface area contributed by atoms with Crippen molar-refractivity contribution in [2.24, 2.45) is 11.8 Å². The standard InChI is InChI=1S/C15H26N4O.CH4O.K/c1-10(2)6-11-4-5-19(8-11)9-12-7-18-14(13(12)16)15(20)17-3;1-2;/h7,10-11H,4-6,8-9H2,1-3H3,(H4,16,17,18,20);2H,1H3;/q;;+1/p-1/t11-;;/m0../s1. The Morgan fingerprint density at radius 3 is 2.74 bits per heavy atom. The summed E-state index contributed by atoms with van der Waals surface area (Å²) in [4.78, 5) is 16.9. The molecule has 0 aromatic carbocycles. The topological polar surface area (TPSA) is 96.4 Å². The summed E-state index contributed by atoms with van der Waals surface area (Å²) < 4.78 is 0. The van der Waals surface area contributed by atoms with Crippen LogP contribution in [0.5, 0.6) is 0 Å². The molecule has 23 heavy (non-hydrogen) atoms. The zero-order valence-corrected chi connectivity index (χ0v) is 18.2. The van der Waals surface area contributed by atoms with E-state index in [0.717, 1.165) is 44.1 Å². The Morgan fingerprint density at radius 2 is 2.17 bits per heavy atom. The average Bonchev–Trinajstić information content (AvgIpc) is 3.08. The van der Waals surface area contributed by atoms with Gasteiger partial charge in [0.05, 0.1) is 11.4 Å². The molecule has 1 aromatic heterocycles. The first-order valence-electron chi connectivity index (χ1n) is 7.78. The first-order valence-corrected chi connectivity index (χ1v) is 7.78. The van der Waals surface area contributed by atoms with E-state index in [1.165, 1.54) is 19.9 Å². The molecule has 2 rings (SSSR count). The number of rotatable bonds is 5. The van der Waals surface area contributed by atoms with Crippen LogP contribution in [0.15, 0.2) is 6.20 Å². The number of carbonyl (C=O) groups excluding carboxylic acids is 1. The number of nitrogens with two attached hydrogens (primary N) is 1. The number of aliphatic hydroxyl groups excluding tert-OH is 1. The molecule has 0 radical (unpaired) electrons. The molecule has 1 amide bonds. The van der Waals surface area contributed by atoms with E-state index in [0.29, 0.717) is 11.4 Å². The van der Waals surface area contributed by atoms with Crippen LogP contribution in [0.2, 0.25) is 0 Å². The maximum atomic E-state index is 11.6. The molecule has 1 fully saturated rings. The molecule has 1 aliphatic rings. The number of nitrogen functional groups attached to an aromatic ring is 1. The van der Waals surface area contributed by atoms with Gasteiger partial charge < -0.3 is 25.9 Å². The second kappa shape index (κ2) is 11.6. The van der Waals surface area contributed by atoms with Crippen LogP contribution >= 0.6 is 0 Å². The molecule has 1 aliphatic heterocycles. The number of amides is 1. The fourth-order valence-corrected chi connectivity index (χ4v) is 3.05. The fraction of sp³-hybridized carbons (Fsp3) is 0.688. The summed E-state index contributed by atoms with van der Waals surface area (Å²) in [5.41, 5.74) is 8.00. The van der Waals surface area contributed by atoms with Crippen molar-refractivity contribution in [2.75, 3.05) is 33.0 Å². The summed E-state index contributed by atoms with van der Waals surface area (Å²) in [6, 6.07) is 0. The number of carbonyl (C=O) groups is 1. The molecule has 4 N–H and O–H groups in total. The van der Waals surface area contributed by atoms with Crippen LogP contribution in [0, 0.1) is 11.8 Å². The minimum Gasteiger partial charge on any atom is -0.650 e. The molecule has 7 heteroatoms. The summed E-state index contributed by atoms with van der Waals surface area (Å²) in [7, 11) is 2.49. The Kier molecular flexibility index (Phi) is 11.7. The Balaban J connectivity index is 0.00000155. The molecule has 1 aromatic rings. The Hall–Kier alpha value is 0.106. The van der Waals surface area contributed by atoms with Gasteiger partial charge in [-0.15, -0.1) is 7.05 Å². The van der Waals surface area contributed by atoms with Crippen LogP contribution in [-0.4, -0.2) is 48.1 Å². The number of aromatic amines is 1. The van der Waals surface area contributed by atoms with Gasteiger partial charge in [0.2, 0.25) is 0 Å². The molecule has 0 saturated carbocycles. The number of likely N-dealkylation sites (tertiary alicyclic amines) is 1. The van der Waals surface area contributed by atoms with Crippen molar-refractivity contribution in [3.05, 3.63) is 22.8 Å². The third kappa shape index (κ3) is 6.86. The number of hydrogen-bond donors (Lipinski definition) is 3. The van der Waals surface area contributed by atoms with E-state index in [-0.39, 0.29) is 57.3 Å². The molecule has 0 unspecified atom stereocenters. The molecular formula is C16H29KN4O2. The first kappa shape index (κ1) is 23.1. The fourth-order valence-electron chi connectivity index (χ4n) is 3.05. The minimum atomic E-state index is -0.284. The van der Waals surface area contributed by atoms with E-state index < -0.39 is 0 Å². The predicted molar refractivity (Wildman–Crippen MR) is 89.8 cm³/mol. The van der Waals surface area contributed by atoms with Gasteiger partial charge in [0, 0.05) is 32.0 Å². The summed E-state index contributed by atoms with van der Waals surface area (Å²) in [5, 5.41) is 10.6. The summed E-state index contributed by atoms with van der Waals surface area (Å²) in [6.45, 7) is 7.61. The van der Waals surface area contributed by atoms with E-state index in [4.69, 9.17) is 10.8 Å². The van der Waals surface area contributed by atoms with Crippen LogP contribution in [0.3, 0.4) is 0 Å². The van der Waals surface area contributed by atoms with Gasteiger partial charge in [0.25, 0.3) is 0 Å². The molecule has 1 atom stereocenters. The SMILES string of the molecule is CO.C[N-]C(=O)c1[nH]cc(CN2CC[C@@H](CC(C)C)C2)c1N.[K+]. The number of nitrogens with one attached hydrogen (secondary N) is 1. The Labute approximate surface area is 182 Å². The third-order valence-corrected chi connectivity index (χ3v) is 3.99. The van der Waals surface area contributed by atoms with Gasteiger partial charge in [-0.2, -0.15) is 0 Å². The second-order valence-corrected chi connectivity index (χ2v) is 6.15. The molecule has 126 valence electrons. The van der Waals surface area contributed by atoms with E-state index in [2.05, 4.69) is 29.0 Å². The summed E-state index contributed by atoms with van der Waals surface area (Å²) in [5.74, 6) is 1.27. The molecule has 0 bridgehead atoms. The van der Waals surface area contributed by atoms with Gasteiger partial charge >= 0.3 is 51.4 Å². The predicted octanol–water partition coefficient (Wildman–Crippen LogP) is -0.779. The zero-order chi connectivity index (χ0) is 16.7. The van der Waals surface area contributed by atoms with Crippen molar-refractivity contribution in [1.82, 2.24) is 9.88 Å². The second-order valence-electron chi connectivity index (χ2n) is 6.15. The van der Waals surface area contributed by atoms with Gasteiger partial charge in [-0.1, -0.05) is 13.8 Å². The van der Waals surface area contributed by atoms with Crippen LogP contribution < -0.4 is 57.1 Å². The first-order chi connectivity index (χ1) is 10.5. The number of anilines is 1. The number of nitrogens with zero attached hydrogens (tertiary/aromatic N) is 2. The Morgan fingerprint density at radius 1 is 1.52 bits per heavy atom. The van der Waals surface area contributed by atoms with Crippen LogP contribution in [0.25, 0.3) is 5.32 Å². The van der Waals surface area contributed by atoms with Gasteiger partial charge in [0.1, 0.15) is 5.91 Å². The van der Waals surface area contributed by atoms with Gasteiger partial charge in [-0.25, -0.2) is 0 Å². The average molecular weight is 349 g/mol. The van der Waals surface area contributed by atoms with Crippen molar-refractivity contribution < 1.29 is 61.3 Å². The molecule has 2 heterocycles. The molecule has 0 spiro atoms. The number of H-pyrrole nitrogens is 1. The van der Waals surface area contributed by atoms with Crippen molar-refractivity contribution in [3.63, 3.8) is 0 Å². The van der Waals surface area contributed by atoms with Gasteiger partial charge in [-0.3, -0.25) is 4.90 Å². The van der Waals surface area contributed by atoms with Crippen LogP contribution in [0.1, 0.15) is 42.7 Å². The normalized spacial score (nSPS) is 17.4. The van der Waals surface area contributed by atoms with Gasteiger partial charge in [-0.05, 0) is 31.2 Å². The van der Waals surface area contributed by atoms with Gasteiger partial charge in [0.15, 0.2) is 0 Å². The van der Waals surface area contributed by atoms with E-state index in [1.807, 2.05) is 6.20 Å². The molecule has 1 saturated heterocycles. The minimum absolute atomic E-state index is 0. The van der Waals surface area contributed by atoms with Crippen molar-refractivity contribution in [2.45, 2.75) is 33.2 Å². The van der Waals surface area contributed by atoms with E-state index >= 15 is 0 Å². The molecule has 6 nitrogen and oxygen atoms in total. The maximum Gasteiger partial charge on any atom is 1.00 e. The van der Waals surface area contributed by atoms with Crippen LogP contribution in [-0.2, 0) is 6.54 Å². The number of hydrogen-bond acceptors (Lipinski definition) is 4. The van der Waals surface area contributed by atoms with Crippen molar-refractivity contribution >= 4 is 11.6 Å². The van der Waals surface area contributed by atoms with Crippen molar-refractivity contribution in [1.29, 1.82) is 0 Å². The molecular weight excluding hydrogens is 319 g/mol. The number of aliphatic hydroxyl groups is 1. The van der Waals surface area contributed by atoms with Crippen molar-refractivity contribution in [3.8, 4) is 0 Å². The number of aromatic nitrogens is 1. The maximum absolute atomic E-state index is 11.6. The largest absolute Gasteiger partial charge is 1.00 e. The van der Waals surface area contributed by atoms with E-state index in [9.17, 15) is 4.79 Å². The summed E-state index contributed by atoms with van der Waals surface area (Å²) in [6.07, 6.45) is 4.39.